The highest BCUT2D eigenvalue weighted by Gasteiger charge is 2.41. The topological polar surface area (TPSA) is 102 Å². The number of imide groups is 1. The standard InChI is InChI=1S/C11H14N4O5S/c1-13-6-9(2-12-13)21(18,19)14-3-8(4-14)5-15-10(16)7-20-11(15)17/h2,6,8H,3-5,7H2,1H3. The molecule has 2 aliphatic heterocycles. The average molecular weight is 314 g/mol. The molecule has 0 spiro atoms. The number of carbonyl (C=O) groups is 2. The van der Waals surface area contributed by atoms with Crippen LogP contribution in [0, 0.1) is 5.92 Å². The van der Waals surface area contributed by atoms with Crippen LogP contribution in [0.1, 0.15) is 0 Å². The normalized spacial score (nSPS) is 20.7. The third-order valence-electron chi connectivity index (χ3n) is 3.52. The van der Waals surface area contributed by atoms with Crippen LogP contribution in [0.2, 0.25) is 0 Å². The van der Waals surface area contributed by atoms with Crippen molar-refractivity contribution in [3.63, 3.8) is 0 Å². The maximum Gasteiger partial charge on any atom is 0.417 e. The summed E-state index contributed by atoms with van der Waals surface area (Å²) in [6.07, 6.45) is 2.07. The van der Waals surface area contributed by atoms with E-state index in [1.54, 1.807) is 7.05 Å². The molecule has 0 bridgehead atoms. The number of ether oxygens (including phenoxy) is 1. The van der Waals surface area contributed by atoms with Crippen molar-refractivity contribution in [2.45, 2.75) is 4.90 Å². The van der Waals surface area contributed by atoms with E-state index in [9.17, 15) is 18.0 Å². The zero-order chi connectivity index (χ0) is 15.2. The minimum absolute atomic E-state index is 0.0638. The van der Waals surface area contributed by atoms with Gasteiger partial charge in [-0.2, -0.15) is 9.40 Å². The molecule has 0 aliphatic carbocycles. The van der Waals surface area contributed by atoms with Crippen LogP contribution in [0.15, 0.2) is 17.3 Å². The minimum atomic E-state index is -3.54. The quantitative estimate of drug-likeness (QED) is 0.708. The Balaban J connectivity index is 1.61. The van der Waals surface area contributed by atoms with E-state index in [4.69, 9.17) is 0 Å². The smallest absolute Gasteiger partial charge is 0.417 e. The molecule has 1 aromatic rings. The molecule has 3 rings (SSSR count). The molecular formula is C11H14N4O5S. The first-order valence-electron chi connectivity index (χ1n) is 6.34. The number of hydrogen-bond donors (Lipinski definition) is 0. The van der Waals surface area contributed by atoms with Gasteiger partial charge in [0.15, 0.2) is 6.61 Å². The van der Waals surface area contributed by atoms with Crippen molar-refractivity contribution < 1.29 is 22.7 Å². The summed E-state index contributed by atoms with van der Waals surface area (Å²) in [6, 6.07) is 0. The highest BCUT2D eigenvalue weighted by Crippen LogP contribution is 2.26. The summed E-state index contributed by atoms with van der Waals surface area (Å²) in [5, 5.41) is 3.84. The molecule has 0 N–H and O–H groups in total. The van der Waals surface area contributed by atoms with Gasteiger partial charge in [-0.15, -0.1) is 0 Å². The maximum absolute atomic E-state index is 12.2. The van der Waals surface area contributed by atoms with Gasteiger partial charge in [0.2, 0.25) is 10.0 Å². The van der Waals surface area contributed by atoms with Crippen LogP contribution >= 0.6 is 0 Å². The third kappa shape index (κ3) is 2.40. The van der Waals surface area contributed by atoms with E-state index in [1.807, 2.05) is 0 Å². The molecular weight excluding hydrogens is 300 g/mol. The number of rotatable bonds is 4. The van der Waals surface area contributed by atoms with E-state index in [1.165, 1.54) is 21.4 Å². The van der Waals surface area contributed by atoms with Crippen LogP contribution in [-0.4, -0.2) is 65.6 Å². The lowest BCUT2D eigenvalue weighted by Crippen LogP contribution is -2.54. The van der Waals surface area contributed by atoms with Crippen LogP contribution in [0.5, 0.6) is 0 Å². The molecule has 114 valence electrons. The van der Waals surface area contributed by atoms with E-state index >= 15 is 0 Å². The van der Waals surface area contributed by atoms with Gasteiger partial charge in [0.25, 0.3) is 5.91 Å². The maximum atomic E-state index is 12.2. The minimum Gasteiger partial charge on any atom is -0.439 e. The van der Waals surface area contributed by atoms with Crippen LogP contribution in [0.4, 0.5) is 4.79 Å². The lowest BCUT2D eigenvalue weighted by atomic mass is 10.0. The lowest BCUT2D eigenvalue weighted by molar-refractivity contribution is -0.126. The monoisotopic (exact) mass is 314 g/mol. The van der Waals surface area contributed by atoms with Crippen LogP contribution in [-0.2, 0) is 26.6 Å². The highest BCUT2D eigenvalue weighted by molar-refractivity contribution is 7.89. The fraction of sp³-hybridized carbons (Fsp3) is 0.545. The number of cyclic esters (lactones) is 1. The molecule has 2 amide bonds. The highest BCUT2D eigenvalue weighted by atomic mass is 32.2. The predicted molar refractivity (Wildman–Crippen MR) is 68.5 cm³/mol. The molecule has 9 nitrogen and oxygen atoms in total. The first kappa shape index (κ1) is 14.0. The predicted octanol–water partition coefficient (Wildman–Crippen LogP) is -0.981. The first-order valence-corrected chi connectivity index (χ1v) is 7.78. The van der Waals surface area contributed by atoms with Gasteiger partial charge in [-0.05, 0) is 0 Å². The van der Waals surface area contributed by atoms with Gasteiger partial charge in [-0.1, -0.05) is 0 Å². The van der Waals surface area contributed by atoms with Gasteiger partial charge in [-0.3, -0.25) is 9.48 Å². The number of carbonyl (C=O) groups excluding carboxylic acids is 2. The molecule has 0 radical (unpaired) electrons. The second-order valence-corrected chi connectivity index (χ2v) is 7.03. The lowest BCUT2D eigenvalue weighted by Gasteiger charge is -2.38. The van der Waals surface area contributed by atoms with E-state index < -0.39 is 16.1 Å². The van der Waals surface area contributed by atoms with Gasteiger partial charge < -0.3 is 4.74 Å². The van der Waals surface area contributed by atoms with E-state index in [-0.39, 0.29) is 43.0 Å². The van der Waals surface area contributed by atoms with Crippen molar-refractivity contribution in [2.24, 2.45) is 13.0 Å². The zero-order valence-electron chi connectivity index (χ0n) is 11.3. The summed E-state index contributed by atoms with van der Waals surface area (Å²) in [6.45, 7) is 0.503. The molecule has 3 heterocycles. The van der Waals surface area contributed by atoms with Crippen molar-refractivity contribution in [3.05, 3.63) is 12.4 Å². The first-order chi connectivity index (χ1) is 9.88. The summed E-state index contributed by atoms with van der Waals surface area (Å²) in [7, 11) is -1.90. The Hall–Kier alpha value is -1.94. The average Bonchev–Trinajstić information content (AvgIpc) is 2.92. The molecule has 2 aliphatic rings. The molecule has 0 saturated carbocycles. The van der Waals surface area contributed by atoms with E-state index in [0.717, 1.165) is 4.90 Å². The molecule has 0 atom stereocenters. The number of amides is 2. The van der Waals surface area contributed by atoms with Gasteiger partial charge in [0, 0.05) is 38.8 Å². The molecule has 0 aromatic carbocycles. The summed E-state index contributed by atoms with van der Waals surface area (Å²) in [5.74, 6) is -0.445. The molecule has 21 heavy (non-hydrogen) atoms. The molecule has 2 saturated heterocycles. The zero-order valence-corrected chi connectivity index (χ0v) is 12.1. The van der Waals surface area contributed by atoms with E-state index in [2.05, 4.69) is 9.84 Å². The van der Waals surface area contributed by atoms with Gasteiger partial charge in [0.05, 0.1) is 6.20 Å². The summed E-state index contributed by atoms with van der Waals surface area (Å²) >= 11 is 0. The van der Waals surface area contributed by atoms with Crippen LogP contribution in [0.3, 0.4) is 0 Å². The number of aromatic nitrogens is 2. The Morgan fingerprint density at radius 3 is 2.62 bits per heavy atom. The Morgan fingerprint density at radius 1 is 1.38 bits per heavy atom. The summed E-state index contributed by atoms with van der Waals surface area (Å²) in [4.78, 5) is 23.9. The second-order valence-electron chi connectivity index (χ2n) is 5.10. The Morgan fingerprint density at radius 2 is 2.10 bits per heavy atom. The number of aryl methyl sites for hydroxylation is 1. The Kier molecular flexibility index (Phi) is 3.21. The second kappa shape index (κ2) is 4.81. The fourth-order valence-corrected chi connectivity index (χ4v) is 3.91. The third-order valence-corrected chi connectivity index (χ3v) is 5.31. The summed E-state index contributed by atoms with van der Waals surface area (Å²) in [5.41, 5.74) is 0. The van der Waals surface area contributed by atoms with Crippen molar-refractivity contribution in [2.75, 3.05) is 26.2 Å². The molecule has 1 aromatic heterocycles. The number of nitrogens with zero attached hydrogens (tertiary/aromatic N) is 4. The van der Waals surface area contributed by atoms with E-state index in [0.29, 0.717) is 0 Å². The van der Waals surface area contributed by atoms with Gasteiger partial charge in [-0.25, -0.2) is 18.1 Å². The fourth-order valence-electron chi connectivity index (χ4n) is 2.33. The number of sulfonamides is 1. The Labute approximate surface area is 121 Å². The van der Waals surface area contributed by atoms with Crippen molar-refractivity contribution >= 4 is 22.0 Å². The van der Waals surface area contributed by atoms with Crippen molar-refractivity contribution in [3.8, 4) is 0 Å². The summed E-state index contributed by atoms with van der Waals surface area (Å²) < 4.78 is 31.8. The van der Waals surface area contributed by atoms with Crippen molar-refractivity contribution in [1.29, 1.82) is 0 Å². The molecule has 10 heteroatoms. The van der Waals surface area contributed by atoms with Crippen molar-refractivity contribution in [1.82, 2.24) is 19.0 Å². The SMILES string of the molecule is Cn1cc(S(=O)(=O)N2CC(CN3C(=O)COC3=O)C2)cn1. The largest absolute Gasteiger partial charge is 0.439 e. The van der Waals surface area contributed by atoms with Crippen LogP contribution < -0.4 is 0 Å². The number of hydrogen-bond acceptors (Lipinski definition) is 6. The Bertz CT molecular complexity index is 675. The van der Waals surface area contributed by atoms with Gasteiger partial charge >= 0.3 is 6.09 Å². The molecule has 0 unspecified atom stereocenters. The van der Waals surface area contributed by atoms with Crippen LogP contribution in [0.25, 0.3) is 0 Å². The van der Waals surface area contributed by atoms with Gasteiger partial charge in [0.1, 0.15) is 4.90 Å². The molecule has 2 fully saturated rings.